The van der Waals surface area contributed by atoms with E-state index in [2.05, 4.69) is 12.1 Å². The minimum atomic E-state index is -0.806. The van der Waals surface area contributed by atoms with E-state index in [4.69, 9.17) is 26.7 Å². The largest absolute Gasteiger partial charge is 0.481 e. The lowest BCUT2D eigenvalue weighted by atomic mass is 9.98. The lowest BCUT2D eigenvalue weighted by molar-refractivity contribution is -0.138. The molecule has 194 valence electrons. The Morgan fingerprint density at radius 3 is 2.53 bits per heavy atom. The summed E-state index contributed by atoms with van der Waals surface area (Å²) in [7, 11) is 0. The lowest BCUT2D eigenvalue weighted by Gasteiger charge is -2.17. The van der Waals surface area contributed by atoms with E-state index in [0.717, 1.165) is 29.9 Å². The summed E-state index contributed by atoms with van der Waals surface area (Å²) in [6.07, 6.45) is 2.31. The van der Waals surface area contributed by atoms with Crippen molar-refractivity contribution in [2.45, 2.75) is 38.5 Å². The average Bonchev–Trinajstić information content (AvgIpc) is 3.42. The highest BCUT2D eigenvalue weighted by atomic mass is 35.5. The zero-order valence-electron chi connectivity index (χ0n) is 21.3. The molecule has 1 N–H and O–H groups in total. The summed E-state index contributed by atoms with van der Waals surface area (Å²) in [4.78, 5) is 36.3. The number of carbonyl (C=O) groups excluding carboxylic acids is 1. The first-order valence-corrected chi connectivity index (χ1v) is 13.4. The van der Waals surface area contributed by atoms with Crippen molar-refractivity contribution in [3.63, 3.8) is 0 Å². The second-order valence-corrected chi connectivity index (χ2v) is 10.6. The number of benzene rings is 3. The smallest absolute Gasteiger partial charge is 0.303 e. The van der Waals surface area contributed by atoms with E-state index in [1.165, 1.54) is 5.56 Å². The number of carboxylic acids is 1. The number of likely N-dealkylation sites (tertiary alicyclic amines) is 1. The van der Waals surface area contributed by atoms with Crippen LogP contribution in [0.15, 0.2) is 72.8 Å². The predicted octanol–water partition coefficient (Wildman–Crippen LogP) is 6.62. The van der Waals surface area contributed by atoms with Crippen LogP contribution in [0.3, 0.4) is 0 Å². The van der Waals surface area contributed by atoms with Gasteiger partial charge in [-0.25, -0.2) is 9.97 Å². The van der Waals surface area contributed by atoms with Crippen LogP contribution in [-0.4, -0.2) is 44.9 Å². The van der Waals surface area contributed by atoms with Crippen LogP contribution in [-0.2, 0) is 11.2 Å². The van der Waals surface area contributed by atoms with Crippen LogP contribution >= 0.6 is 11.6 Å². The lowest BCUT2D eigenvalue weighted by Crippen LogP contribution is -2.28. The molecular weight excluding hydrogens is 498 g/mol. The molecule has 1 saturated heterocycles. The molecule has 1 aliphatic heterocycles. The van der Waals surface area contributed by atoms with E-state index in [1.54, 1.807) is 0 Å². The van der Waals surface area contributed by atoms with Crippen LogP contribution in [0, 0.1) is 5.92 Å². The number of halogens is 1. The molecule has 1 aliphatic rings. The number of carbonyl (C=O) groups is 2. The van der Waals surface area contributed by atoms with Crippen molar-refractivity contribution in [2.75, 3.05) is 13.1 Å². The molecule has 2 unspecified atom stereocenters. The van der Waals surface area contributed by atoms with Gasteiger partial charge in [0.05, 0.1) is 22.4 Å². The zero-order chi connectivity index (χ0) is 26.6. The van der Waals surface area contributed by atoms with Gasteiger partial charge < -0.3 is 10.0 Å². The standard InChI is InChI=1S/C31H30ClN3O3/c1-20(17-29(36)37)7-13-27-30(22-8-11-25(32)12-9-22)34-26-14-10-23(18-28(26)33-27)31(38)35-16-15-24(19-35)21-5-3-2-4-6-21/h2-6,8-12,14,18,20,24H,7,13,15-17,19H2,1H3,(H,36,37). The molecule has 0 spiro atoms. The Bertz CT molecular complexity index is 1460. The van der Waals surface area contributed by atoms with E-state index in [-0.39, 0.29) is 18.2 Å². The molecule has 0 aliphatic carbocycles. The highest BCUT2D eigenvalue weighted by molar-refractivity contribution is 6.30. The van der Waals surface area contributed by atoms with E-state index in [1.807, 2.05) is 72.5 Å². The number of hydrogen-bond donors (Lipinski definition) is 1. The number of fused-ring (bicyclic) bond motifs is 1. The maximum absolute atomic E-state index is 13.4. The molecule has 38 heavy (non-hydrogen) atoms. The Labute approximate surface area is 227 Å². The maximum Gasteiger partial charge on any atom is 0.303 e. The summed E-state index contributed by atoms with van der Waals surface area (Å²) in [5.74, 6) is -0.449. The van der Waals surface area contributed by atoms with Gasteiger partial charge in [0.15, 0.2) is 0 Å². The highest BCUT2D eigenvalue weighted by Crippen LogP contribution is 2.30. The summed E-state index contributed by atoms with van der Waals surface area (Å²) >= 11 is 6.10. The normalized spacial score (nSPS) is 16.1. The van der Waals surface area contributed by atoms with Gasteiger partial charge in [0.1, 0.15) is 0 Å². The van der Waals surface area contributed by atoms with E-state index in [9.17, 15) is 9.59 Å². The van der Waals surface area contributed by atoms with Crippen molar-refractivity contribution in [2.24, 2.45) is 5.92 Å². The first-order valence-electron chi connectivity index (χ1n) is 13.0. The highest BCUT2D eigenvalue weighted by Gasteiger charge is 2.28. The van der Waals surface area contributed by atoms with Crippen LogP contribution < -0.4 is 0 Å². The summed E-state index contributed by atoms with van der Waals surface area (Å²) in [6, 6.07) is 23.3. The third-order valence-corrected chi connectivity index (χ3v) is 7.50. The second kappa shape index (κ2) is 11.3. The summed E-state index contributed by atoms with van der Waals surface area (Å²) < 4.78 is 0. The second-order valence-electron chi connectivity index (χ2n) is 10.1. The Morgan fingerprint density at radius 1 is 1.03 bits per heavy atom. The first kappa shape index (κ1) is 25.9. The number of amides is 1. The Morgan fingerprint density at radius 2 is 1.79 bits per heavy atom. The molecular formula is C31H30ClN3O3. The van der Waals surface area contributed by atoms with Crippen molar-refractivity contribution in [3.8, 4) is 11.3 Å². The molecule has 3 aromatic carbocycles. The number of nitrogens with zero attached hydrogens (tertiary/aromatic N) is 3. The Balaban J connectivity index is 1.43. The molecule has 1 aromatic heterocycles. The third-order valence-electron chi connectivity index (χ3n) is 7.24. The molecule has 0 bridgehead atoms. The molecule has 0 saturated carbocycles. The van der Waals surface area contributed by atoms with E-state index >= 15 is 0 Å². The van der Waals surface area contributed by atoms with Crippen LogP contribution in [0.1, 0.15) is 53.7 Å². The van der Waals surface area contributed by atoms with Crippen LogP contribution in [0.4, 0.5) is 0 Å². The minimum absolute atomic E-state index is 0.00343. The van der Waals surface area contributed by atoms with Crippen LogP contribution in [0.2, 0.25) is 5.02 Å². The van der Waals surface area contributed by atoms with Crippen molar-refractivity contribution in [3.05, 3.63) is 94.6 Å². The van der Waals surface area contributed by atoms with Gasteiger partial charge in [-0.3, -0.25) is 9.59 Å². The Kier molecular flexibility index (Phi) is 7.70. The van der Waals surface area contributed by atoms with Crippen molar-refractivity contribution >= 4 is 34.5 Å². The molecule has 7 heteroatoms. The SMILES string of the molecule is CC(CCc1nc2cc(C(=O)N3CCC(c4ccccc4)C3)ccc2nc1-c1ccc(Cl)cc1)CC(=O)O. The Hall–Kier alpha value is -3.77. The topological polar surface area (TPSA) is 83.4 Å². The van der Waals surface area contributed by atoms with Gasteiger partial charge in [-0.1, -0.05) is 61.0 Å². The number of aliphatic carboxylic acids is 1. The summed E-state index contributed by atoms with van der Waals surface area (Å²) in [6.45, 7) is 3.36. The number of aryl methyl sites for hydroxylation is 1. The van der Waals surface area contributed by atoms with E-state index in [0.29, 0.717) is 46.9 Å². The fourth-order valence-electron chi connectivity index (χ4n) is 5.14. The third kappa shape index (κ3) is 5.86. The molecule has 5 rings (SSSR count). The molecule has 0 radical (unpaired) electrons. The van der Waals surface area contributed by atoms with Crippen molar-refractivity contribution in [1.82, 2.24) is 14.9 Å². The van der Waals surface area contributed by atoms with Gasteiger partial charge in [-0.05, 0) is 61.1 Å². The molecule has 2 heterocycles. The molecule has 1 fully saturated rings. The van der Waals surface area contributed by atoms with E-state index < -0.39 is 5.97 Å². The van der Waals surface area contributed by atoms with Crippen LogP contribution in [0.25, 0.3) is 22.3 Å². The summed E-state index contributed by atoms with van der Waals surface area (Å²) in [5, 5.41) is 9.80. The zero-order valence-corrected chi connectivity index (χ0v) is 22.1. The molecule has 4 aromatic rings. The van der Waals surface area contributed by atoms with Crippen molar-refractivity contribution < 1.29 is 14.7 Å². The van der Waals surface area contributed by atoms with Crippen LogP contribution in [0.5, 0.6) is 0 Å². The van der Waals surface area contributed by atoms with Gasteiger partial charge in [0.25, 0.3) is 5.91 Å². The average molecular weight is 528 g/mol. The number of hydrogen-bond acceptors (Lipinski definition) is 4. The minimum Gasteiger partial charge on any atom is -0.481 e. The number of aromatic nitrogens is 2. The fraction of sp³-hybridized carbons (Fsp3) is 0.290. The van der Waals surface area contributed by atoms with Gasteiger partial charge in [-0.2, -0.15) is 0 Å². The van der Waals surface area contributed by atoms with Gasteiger partial charge in [0, 0.05) is 41.6 Å². The van der Waals surface area contributed by atoms with Crippen molar-refractivity contribution in [1.29, 1.82) is 0 Å². The molecule has 2 atom stereocenters. The van der Waals surface area contributed by atoms with Gasteiger partial charge in [0.2, 0.25) is 0 Å². The summed E-state index contributed by atoms with van der Waals surface area (Å²) in [5.41, 5.74) is 5.67. The predicted molar refractivity (Wildman–Crippen MR) is 149 cm³/mol. The number of rotatable bonds is 8. The van der Waals surface area contributed by atoms with Gasteiger partial charge >= 0.3 is 5.97 Å². The van der Waals surface area contributed by atoms with Gasteiger partial charge in [-0.15, -0.1) is 0 Å². The quantitative estimate of drug-likeness (QED) is 0.278. The molecule has 6 nitrogen and oxygen atoms in total. The molecule has 1 amide bonds. The maximum atomic E-state index is 13.4. The first-order chi connectivity index (χ1) is 18.4. The monoisotopic (exact) mass is 527 g/mol. The fourth-order valence-corrected chi connectivity index (χ4v) is 5.27. The number of carboxylic acid groups (broad SMARTS) is 1.